The van der Waals surface area contributed by atoms with Crippen molar-refractivity contribution in [1.29, 1.82) is 5.26 Å². The lowest BCUT2D eigenvalue weighted by Crippen LogP contribution is -2.30. The number of rotatable bonds is 5. The molecule has 2 atom stereocenters. The summed E-state index contributed by atoms with van der Waals surface area (Å²) in [5, 5.41) is 21.4. The lowest BCUT2D eigenvalue weighted by atomic mass is 10.0. The maximum absolute atomic E-state index is 12.3. The topological polar surface area (TPSA) is 93.4 Å². The molecule has 0 aromatic heterocycles. The summed E-state index contributed by atoms with van der Waals surface area (Å²) < 4.78 is 0.813. The lowest BCUT2D eigenvalue weighted by Gasteiger charge is -2.16. The molecule has 6 nitrogen and oxygen atoms in total. The van der Waals surface area contributed by atoms with Gasteiger partial charge in [0, 0.05) is 43.4 Å². The molecule has 2 amide bonds. The summed E-state index contributed by atoms with van der Waals surface area (Å²) in [7, 11) is 1.56. The normalized spacial score (nSPS) is 19.8. The van der Waals surface area contributed by atoms with Crippen molar-refractivity contribution < 1.29 is 14.7 Å². The van der Waals surface area contributed by atoms with Gasteiger partial charge in [0.15, 0.2) is 0 Å². The Morgan fingerprint density at radius 2 is 2.21 bits per heavy atom. The van der Waals surface area contributed by atoms with Gasteiger partial charge >= 0.3 is 0 Å². The number of nitrogens with one attached hydrogen (secondary N) is 1. The fourth-order valence-corrected chi connectivity index (χ4v) is 3.39. The van der Waals surface area contributed by atoms with Gasteiger partial charge in [-0.2, -0.15) is 5.26 Å². The van der Waals surface area contributed by atoms with Crippen molar-refractivity contribution in [2.24, 2.45) is 5.92 Å². The number of nitriles is 1. The maximum atomic E-state index is 12.3. The van der Waals surface area contributed by atoms with E-state index in [1.807, 2.05) is 6.07 Å². The van der Waals surface area contributed by atoms with Gasteiger partial charge < -0.3 is 15.3 Å². The minimum atomic E-state index is -0.659. The summed E-state index contributed by atoms with van der Waals surface area (Å²) in [6.45, 7) is 0.678. The molecular weight excluding hydrogens is 374 g/mol. The van der Waals surface area contributed by atoms with Gasteiger partial charge in [0.05, 0.1) is 17.7 Å². The van der Waals surface area contributed by atoms with Crippen LogP contribution in [0.3, 0.4) is 0 Å². The Morgan fingerprint density at radius 3 is 2.83 bits per heavy atom. The fourth-order valence-electron chi connectivity index (χ4n) is 2.82. The van der Waals surface area contributed by atoms with Crippen LogP contribution in [0.5, 0.6) is 0 Å². The molecule has 0 unspecified atom stereocenters. The molecule has 1 saturated heterocycles. The second-order valence-corrected chi connectivity index (χ2v) is 6.78. The number of aliphatic hydroxyl groups excluding tert-OH is 1. The highest BCUT2D eigenvalue weighted by molar-refractivity contribution is 9.10. The van der Waals surface area contributed by atoms with E-state index in [1.54, 1.807) is 24.1 Å². The standard InChI is InChI=1S/C17H20BrN3O3/c1-20-16(23)7-13-9-21(10-15(13)22)17(24)5-4-12-3-2-11(8-19)6-14(12)18/h2-3,6,13,15,22H,4-5,7,9-10H2,1H3,(H,20,23)/t13-,15-/m1/s1. The number of halogens is 1. The Hall–Kier alpha value is -1.91. The van der Waals surface area contributed by atoms with Crippen molar-refractivity contribution in [3.05, 3.63) is 33.8 Å². The van der Waals surface area contributed by atoms with Crippen molar-refractivity contribution in [3.8, 4) is 6.07 Å². The molecule has 128 valence electrons. The van der Waals surface area contributed by atoms with Crippen LogP contribution in [0.15, 0.2) is 22.7 Å². The number of hydrogen-bond donors (Lipinski definition) is 2. The van der Waals surface area contributed by atoms with E-state index in [0.717, 1.165) is 10.0 Å². The highest BCUT2D eigenvalue weighted by Gasteiger charge is 2.34. The largest absolute Gasteiger partial charge is 0.391 e. The molecule has 2 N–H and O–H groups in total. The third kappa shape index (κ3) is 4.56. The van der Waals surface area contributed by atoms with Crippen molar-refractivity contribution in [3.63, 3.8) is 0 Å². The SMILES string of the molecule is CNC(=O)C[C@@H]1CN(C(=O)CCc2ccc(C#N)cc2Br)C[C@H]1O. The molecule has 0 spiro atoms. The minimum Gasteiger partial charge on any atom is -0.391 e. The quantitative estimate of drug-likeness (QED) is 0.785. The summed E-state index contributed by atoms with van der Waals surface area (Å²) >= 11 is 3.42. The van der Waals surface area contributed by atoms with Gasteiger partial charge in [-0.05, 0) is 24.1 Å². The summed E-state index contributed by atoms with van der Waals surface area (Å²) in [6, 6.07) is 7.37. The number of nitrogens with zero attached hydrogens (tertiary/aromatic N) is 2. The number of carbonyl (C=O) groups is 2. The van der Waals surface area contributed by atoms with Gasteiger partial charge in [-0.3, -0.25) is 9.59 Å². The molecule has 1 fully saturated rings. The van der Waals surface area contributed by atoms with Crippen LogP contribution in [0.2, 0.25) is 0 Å². The molecule has 24 heavy (non-hydrogen) atoms. The predicted octanol–water partition coefficient (Wildman–Crippen LogP) is 1.21. The monoisotopic (exact) mass is 393 g/mol. The molecular formula is C17H20BrN3O3. The molecule has 1 aromatic carbocycles. The first-order valence-electron chi connectivity index (χ1n) is 7.79. The third-order valence-corrected chi connectivity index (χ3v) is 5.01. The van der Waals surface area contributed by atoms with Crippen LogP contribution < -0.4 is 5.32 Å². The van der Waals surface area contributed by atoms with E-state index >= 15 is 0 Å². The smallest absolute Gasteiger partial charge is 0.223 e. The first-order chi connectivity index (χ1) is 11.4. The van der Waals surface area contributed by atoms with Crippen molar-refractivity contribution in [2.75, 3.05) is 20.1 Å². The van der Waals surface area contributed by atoms with Gasteiger partial charge in [0.2, 0.25) is 11.8 Å². The number of aliphatic hydroxyl groups is 1. The van der Waals surface area contributed by atoms with E-state index in [2.05, 4.69) is 27.3 Å². The Bertz CT molecular complexity index is 672. The van der Waals surface area contributed by atoms with Crippen LogP contribution in [0.1, 0.15) is 24.0 Å². The van der Waals surface area contributed by atoms with Crippen molar-refractivity contribution in [2.45, 2.75) is 25.4 Å². The van der Waals surface area contributed by atoms with Crippen LogP contribution in [0.25, 0.3) is 0 Å². The molecule has 7 heteroatoms. The number of aryl methyl sites for hydroxylation is 1. The Balaban J connectivity index is 1.89. The van der Waals surface area contributed by atoms with E-state index in [4.69, 9.17) is 5.26 Å². The van der Waals surface area contributed by atoms with E-state index in [9.17, 15) is 14.7 Å². The Morgan fingerprint density at radius 1 is 1.46 bits per heavy atom. The lowest BCUT2D eigenvalue weighted by molar-refractivity contribution is -0.130. The van der Waals surface area contributed by atoms with E-state index in [0.29, 0.717) is 24.9 Å². The molecule has 0 radical (unpaired) electrons. The molecule has 0 bridgehead atoms. The number of amides is 2. The number of hydrogen-bond acceptors (Lipinski definition) is 4. The van der Waals surface area contributed by atoms with Gasteiger partial charge in [-0.1, -0.05) is 22.0 Å². The van der Waals surface area contributed by atoms with Crippen molar-refractivity contribution in [1.82, 2.24) is 10.2 Å². The molecule has 0 aliphatic carbocycles. The fraction of sp³-hybridized carbons (Fsp3) is 0.471. The molecule has 0 saturated carbocycles. The summed E-state index contributed by atoms with van der Waals surface area (Å²) in [6.07, 6.45) is 0.442. The Labute approximate surface area is 149 Å². The molecule has 1 aromatic rings. The van der Waals surface area contributed by atoms with Crippen LogP contribution in [-0.4, -0.2) is 48.1 Å². The van der Waals surface area contributed by atoms with Crippen LogP contribution in [0, 0.1) is 17.2 Å². The Kier molecular flexibility index (Phi) is 6.35. The van der Waals surface area contributed by atoms with Gasteiger partial charge in [-0.15, -0.1) is 0 Å². The zero-order valence-corrected chi connectivity index (χ0v) is 15.0. The highest BCUT2D eigenvalue weighted by atomic mass is 79.9. The number of β-amino-alcohol motifs (C(OH)–C–C–N with tert-alkyl or cyclic N) is 1. The average molecular weight is 394 g/mol. The highest BCUT2D eigenvalue weighted by Crippen LogP contribution is 2.23. The second kappa shape index (κ2) is 8.27. The van der Waals surface area contributed by atoms with E-state index in [1.165, 1.54) is 0 Å². The van der Waals surface area contributed by atoms with Gasteiger partial charge in [-0.25, -0.2) is 0 Å². The van der Waals surface area contributed by atoms with Gasteiger partial charge in [0.25, 0.3) is 0 Å². The van der Waals surface area contributed by atoms with E-state index in [-0.39, 0.29) is 30.7 Å². The molecule has 1 heterocycles. The molecule has 1 aliphatic heterocycles. The van der Waals surface area contributed by atoms with Gasteiger partial charge in [0.1, 0.15) is 0 Å². The minimum absolute atomic E-state index is 0.0373. The maximum Gasteiger partial charge on any atom is 0.223 e. The van der Waals surface area contributed by atoms with E-state index < -0.39 is 6.10 Å². The predicted molar refractivity (Wildman–Crippen MR) is 91.9 cm³/mol. The first-order valence-corrected chi connectivity index (χ1v) is 8.58. The van der Waals surface area contributed by atoms with Crippen LogP contribution >= 0.6 is 15.9 Å². The summed E-state index contributed by atoms with van der Waals surface area (Å²) in [4.78, 5) is 25.4. The van der Waals surface area contributed by atoms with Crippen LogP contribution in [0.4, 0.5) is 0 Å². The molecule has 2 rings (SSSR count). The first kappa shape index (κ1) is 18.4. The third-order valence-electron chi connectivity index (χ3n) is 4.28. The molecule has 1 aliphatic rings. The number of benzene rings is 1. The summed E-state index contributed by atoms with van der Waals surface area (Å²) in [5.74, 6) is -0.380. The zero-order chi connectivity index (χ0) is 17.7. The number of carbonyl (C=O) groups excluding carboxylic acids is 2. The summed E-state index contributed by atoms with van der Waals surface area (Å²) in [5.41, 5.74) is 1.53. The number of likely N-dealkylation sites (tertiary alicyclic amines) is 1. The van der Waals surface area contributed by atoms with Crippen LogP contribution in [-0.2, 0) is 16.0 Å². The average Bonchev–Trinajstić information content (AvgIpc) is 2.94. The second-order valence-electron chi connectivity index (χ2n) is 5.92. The zero-order valence-electron chi connectivity index (χ0n) is 13.5. The van der Waals surface area contributed by atoms with Crippen molar-refractivity contribution >= 4 is 27.7 Å².